The third kappa shape index (κ3) is 7.43. The van der Waals surface area contributed by atoms with Crippen LogP contribution in [-0.2, 0) is 25.9 Å². The van der Waals surface area contributed by atoms with Gasteiger partial charge in [-0.15, -0.1) is 0 Å². The number of nitrogens with one attached hydrogen (secondary N) is 1. The lowest BCUT2D eigenvalue weighted by Gasteiger charge is -2.28. The second-order valence-corrected chi connectivity index (χ2v) is 7.84. The van der Waals surface area contributed by atoms with Crippen LogP contribution in [0.15, 0.2) is 18.2 Å². The Morgan fingerprint density at radius 2 is 1.91 bits per heavy atom. The Kier molecular flexibility index (Phi) is 7.19. The predicted molar refractivity (Wildman–Crippen MR) is 90.6 cm³/mol. The van der Waals surface area contributed by atoms with Gasteiger partial charge in [-0.3, -0.25) is 0 Å². The maximum Gasteiger partial charge on any atom is 0.494 e. The minimum absolute atomic E-state index is 0.0135. The smallest absolute Gasteiger partial charge is 0.408 e. The molecule has 0 amide bonds. The summed E-state index contributed by atoms with van der Waals surface area (Å²) in [5.41, 5.74) is 0.615. The number of benzene rings is 1. The van der Waals surface area contributed by atoms with Crippen molar-refractivity contribution >= 4 is 22.6 Å². The van der Waals surface area contributed by atoms with Gasteiger partial charge < -0.3 is 9.31 Å². The van der Waals surface area contributed by atoms with Crippen molar-refractivity contribution in [3.8, 4) is 0 Å². The third-order valence-electron chi connectivity index (χ3n) is 3.39. The molecule has 0 aromatic heterocycles. The zero-order valence-corrected chi connectivity index (χ0v) is 15.2. The van der Waals surface area contributed by atoms with Crippen molar-refractivity contribution in [2.45, 2.75) is 46.3 Å². The number of hydrogen-bond donors (Lipinski definition) is 1. The van der Waals surface area contributed by atoms with Gasteiger partial charge >= 0.3 is 7.12 Å². The van der Waals surface area contributed by atoms with Crippen molar-refractivity contribution in [2.75, 3.05) is 12.9 Å². The first kappa shape index (κ1) is 20.1. The van der Waals surface area contributed by atoms with Crippen molar-refractivity contribution in [3.63, 3.8) is 0 Å². The summed E-state index contributed by atoms with van der Waals surface area (Å²) in [5, 5.41) is 0. The van der Waals surface area contributed by atoms with Gasteiger partial charge in [-0.1, -0.05) is 13.0 Å². The van der Waals surface area contributed by atoms with Crippen LogP contribution < -0.4 is 10.2 Å². The van der Waals surface area contributed by atoms with Gasteiger partial charge in [0.2, 0.25) is 10.0 Å². The molecular formula is C15H25BFNO4S. The van der Waals surface area contributed by atoms with Crippen molar-refractivity contribution in [1.82, 2.24) is 4.72 Å². The van der Waals surface area contributed by atoms with Crippen molar-refractivity contribution in [2.24, 2.45) is 0 Å². The first-order chi connectivity index (χ1) is 10.6. The molecule has 0 aliphatic rings. The van der Waals surface area contributed by atoms with Crippen LogP contribution in [0.1, 0.15) is 39.7 Å². The molecule has 8 heteroatoms. The van der Waals surface area contributed by atoms with Crippen molar-refractivity contribution < 1.29 is 22.1 Å². The molecule has 5 nitrogen and oxygen atoms in total. The highest BCUT2D eigenvalue weighted by Gasteiger charge is 2.29. The van der Waals surface area contributed by atoms with Gasteiger partial charge in [0.05, 0.1) is 6.26 Å². The summed E-state index contributed by atoms with van der Waals surface area (Å²) in [6.07, 6.45) is 1.83. The Hall–Kier alpha value is -0.955. The molecule has 1 N–H and O–H groups in total. The Balaban J connectivity index is 3.04. The standard InChI is InChI=1S/C15H25BFNO4S/c1-6-15(3,4)22-16(21-7-2)13-8-12(9-14(17)10-13)11-18-23(5,19)20/h8-10,18H,6-7,11H2,1-5H3. The number of rotatable bonds is 9. The normalized spacial score (nSPS) is 12.4. The van der Waals surface area contributed by atoms with E-state index in [9.17, 15) is 12.8 Å². The molecule has 130 valence electrons. The summed E-state index contributed by atoms with van der Waals surface area (Å²) in [6, 6.07) is 4.32. The van der Waals surface area contributed by atoms with Gasteiger partial charge in [0, 0.05) is 18.8 Å². The summed E-state index contributed by atoms with van der Waals surface area (Å²) in [6.45, 7) is 8.13. The number of halogens is 1. The van der Waals surface area contributed by atoms with Crippen LogP contribution in [-0.4, -0.2) is 34.0 Å². The van der Waals surface area contributed by atoms with Gasteiger partial charge in [0.25, 0.3) is 0 Å². The van der Waals surface area contributed by atoms with Gasteiger partial charge in [0.1, 0.15) is 5.82 Å². The molecule has 0 radical (unpaired) electrons. The molecule has 0 bridgehead atoms. The first-order valence-electron chi connectivity index (χ1n) is 7.59. The highest BCUT2D eigenvalue weighted by molar-refractivity contribution is 7.88. The summed E-state index contributed by atoms with van der Waals surface area (Å²) in [5.74, 6) is -0.463. The second kappa shape index (κ2) is 8.23. The SMILES string of the molecule is CCOB(OC(C)(C)CC)c1cc(F)cc(CNS(C)(=O)=O)c1. The predicted octanol–water partition coefficient (Wildman–Crippen LogP) is 1.81. The fourth-order valence-electron chi connectivity index (χ4n) is 1.85. The quantitative estimate of drug-likeness (QED) is 0.694. The average molecular weight is 345 g/mol. The molecule has 1 aromatic carbocycles. The highest BCUT2D eigenvalue weighted by atomic mass is 32.2. The van der Waals surface area contributed by atoms with E-state index in [0.29, 0.717) is 17.6 Å². The Morgan fingerprint density at radius 1 is 1.26 bits per heavy atom. The van der Waals surface area contributed by atoms with E-state index in [1.165, 1.54) is 12.1 Å². The molecular weight excluding hydrogens is 320 g/mol. The minimum Gasteiger partial charge on any atom is -0.408 e. The maximum atomic E-state index is 13.9. The maximum absolute atomic E-state index is 13.9. The molecule has 1 aromatic rings. The van der Waals surface area contributed by atoms with Crippen LogP contribution in [0.25, 0.3) is 0 Å². The van der Waals surface area contributed by atoms with Crippen molar-refractivity contribution in [3.05, 3.63) is 29.6 Å². The first-order valence-corrected chi connectivity index (χ1v) is 9.49. The Labute approximate surface area is 138 Å². The lowest BCUT2D eigenvalue weighted by molar-refractivity contribution is 0.0706. The highest BCUT2D eigenvalue weighted by Crippen LogP contribution is 2.16. The monoisotopic (exact) mass is 345 g/mol. The summed E-state index contributed by atoms with van der Waals surface area (Å²) in [4.78, 5) is 0. The van der Waals surface area contributed by atoms with Crippen LogP contribution in [0.3, 0.4) is 0 Å². The van der Waals surface area contributed by atoms with Crippen LogP contribution in [0.2, 0.25) is 0 Å². The van der Waals surface area contributed by atoms with Gasteiger partial charge in [0.15, 0.2) is 0 Å². The minimum atomic E-state index is -3.35. The second-order valence-electron chi connectivity index (χ2n) is 6.00. The van der Waals surface area contributed by atoms with E-state index in [2.05, 4.69) is 4.72 Å². The lowest BCUT2D eigenvalue weighted by Crippen LogP contribution is -2.44. The molecule has 1 rings (SSSR count). The van der Waals surface area contributed by atoms with E-state index >= 15 is 0 Å². The molecule has 0 aliphatic carbocycles. The fourth-order valence-corrected chi connectivity index (χ4v) is 2.28. The van der Waals surface area contributed by atoms with Crippen LogP contribution in [0.4, 0.5) is 4.39 Å². The van der Waals surface area contributed by atoms with Gasteiger partial charge in [-0.05, 0) is 50.4 Å². The zero-order valence-electron chi connectivity index (χ0n) is 14.3. The lowest BCUT2D eigenvalue weighted by atomic mass is 9.76. The van der Waals surface area contributed by atoms with Gasteiger partial charge in [-0.25, -0.2) is 17.5 Å². The molecule has 0 spiro atoms. The van der Waals surface area contributed by atoms with Crippen LogP contribution >= 0.6 is 0 Å². The van der Waals surface area contributed by atoms with Crippen molar-refractivity contribution in [1.29, 1.82) is 0 Å². The molecule has 0 saturated heterocycles. The van der Waals surface area contributed by atoms with E-state index in [0.717, 1.165) is 12.7 Å². The molecule has 0 heterocycles. The van der Waals surface area contributed by atoms with Crippen LogP contribution in [0, 0.1) is 5.82 Å². The topological polar surface area (TPSA) is 64.6 Å². The van der Waals surface area contributed by atoms with E-state index < -0.39 is 28.6 Å². The Morgan fingerprint density at radius 3 is 2.43 bits per heavy atom. The summed E-state index contributed by atoms with van der Waals surface area (Å²) in [7, 11) is -4.05. The number of hydrogen-bond acceptors (Lipinski definition) is 4. The molecule has 0 fully saturated rings. The summed E-state index contributed by atoms with van der Waals surface area (Å²) < 4.78 is 50.1. The summed E-state index contributed by atoms with van der Waals surface area (Å²) >= 11 is 0. The molecule has 0 aliphatic heterocycles. The molecule has 0 atom stereocenters. The third-order valence-corrected chi connectivity index (χ3v) is 4.05. The van der Waals surface area contributed by atoms with E-state index in [4.69, 9.17) is 9.31 Å². The van der Waals surface area contributed by atoms with E-state index in [1.54, 1.807) is 6.07 Å². The molecule has 0 unspecified atom stereocenters. The van der Waals surface area contributed by atoms with Gasteiger partial charge in [-0.2, -0.15) is 0 Å². The van der Waals surface area contributed by atoms with E-state index in [-0.39, 0.29) is 6.54 Å². The molecule has 23 heavy (non-hydrogen) atoms. The number of sulfonamides is 1. The average Bonchev–Trinajstić information content (AvgIpc) is 2.43. The zero-order chi connectivity index (χ0) is 17.7. The fraction of sp³-hybridized carbons (Fsp3) is 0.600. The largest absolute Gasteiger partial charge is 0.494 e. The van der Waals surface area contributed by atoms with E-state index in [1.807, 2.05) is 27.7 Å². The molecule has 0 saturated carbocycles. The van der Waals surface area contributed by atoms with Crippen LogP contribution in [0.5, 0.6) is 0 Å². The Bertz CT molecular complexity index is 622.